The van der Waals surface area contributed by atoms with Gasteiger partial charge in [0, 0.05) is 23.4 Å². The lowest BCUT2D eigenvalue weighted by Gasteiger charge is -2.35. The number of carbonyl (C=O) groups excluding carboxylic acids is 1. The summed E-state index contributed by atoms with van der Waals surface area (Å²) in [5.41, 5.74) is 7.00. The molecule has 9 nitrogen and oxygen atoms in total. The molecule has 0 spiro atoms. The van der Waals surface area contributed by atoms with E-state index in [-0.39, 0.29) is 6.42 Å². The first-order valence-corrected chi connectivity index (χ1v) is 10.4. The highest BCUT2D eigenvalue weighted by Gasteiger charge is 2.43. The predicted molar refractivity (Wildman–Crippen MR) is 124 cm³/mol. The Morgan fingerprint density at radius 3 is 2.85 bits per heavy atom. The lowest BCUT2D eigenvalue weighted by Crippen LogP contribution is -2.57. The highest BCUT2D eigenvalue weighted by molar-refractivity contribution is 6.01. The van der Waals surface area contributed by atoms with Crippen LogP contribution in [0, 0.1) is 11.3 Å². The zero-order valence-corrected chi connectivity index (χ0v) is 17.8. The first-order chi connectivity index (χ1) is 16.5. The fourth-order valence-corrected chi connectivity index (χ4v) is 4.13. The zero-order chi connectivity index (χ0) is 23.7. The number of benzene rings is 2. The maximum absolute atomic E-state index is 12.9. The number of fused-ring (bicyclic) bond motifs is 1. The van der Waals surface area contributed by atoms with Crippen molar-refractivity contribution in [3.05, 3.63) is 106 Å². The minimum Gasteiger partial charge on any atom is -0.420 e. The number of nitrogens with one attached hydrogen (secondary N) is 1. The Balaban J connectivity index is 1.61. The summed E-state index contributed by atoms with van der Waals surface area (Å²) in [6, 6.07) is 17.6. The fraction of sp³-hybridized carbons (Fsp3) is 0.0800. The number of nitriles is 1. The van der Waals surface area contributed by atoms with Crippen LogP contribution in [-0.2, 0) is 11.2 Å². The van der Waals surface area contributed by atoms with Gasteiger partial charge in [0.2, 0.25) is 5.91 Å². The van der Waals surface area contributed by atoms with Gasteiger partial charge in [0.05, 0.1) is 17.8 Å². The van der Waals surface area contributed by atoms with Crippen molar-refractivity contribution < 1.29 is 9.21 Å². The van der Waals surface area contributed by atoms with Gasteiger partial charge in [-0.05, 0) is 36.0 Å². The molecule has 3 N–H and O–H groups in total. The number of nitrogens with zero attached hydrogens (tertiary/aromatic N) is 4. The number of allylic oxidation sites excluding steroid dienone is 2. The number of dihydropyridines is 1. The summed E-state index contributed by atoms with van der Waals surface area (Å²) in [5, 5.41) is 21.8. The molecule has 2 aromatic carbocycles. The van der Waals surface area contributed by atoms with Crippen molar-refractivity contribution in [1.29, 1.82) is 5.26 Å². The highest BCUT2D eigenvalue weighted by atomic mass is 16.4. The van der Waals surface area contributed by atoms with E-state index >= 15 is 0 Å². The van der Waals surface area contributed by atoms with Gasteiger partial charge in [0.25, 0.3) is 0 Å². The van der Waals surface area contributed by atoms with Gasteiger partial charge in [-0.2, -0.15) is 5.26 Å². The molecule has 9 heteroatoms. The summed E-state index contributed by atoms with van der Waals surface area (Å²) < 4.78 is 6.88. The van der Waals surface area contributed by atoms with E-state index in [0.717, 1.165) is 5.39 Å². The zero-order valence-electron chi connectivity index (χ0n) is 17.8. The van der Waals surface area contributed by atoms with E-state index in [4.69, 9.17) is 10.2 Å². The summed E-state index contributed by atoms with van der Waals surface area (Å²) >= 11 is 0. The van der Waals surface area contributed by atoms with Crippen LogP contribution in [-0.4, -0.2) is 26.4 Å². The molecule has 0 fully saturated rings. The van der Waals surface area contributed by atoms with Crippen molar-refractivity contribution in [2.24, 2.45) is 5.73 Å². The van der Waals surface area contributed by atoms with Crippen molar-refractivity contribution in [1.82, 2.24) is 20.3 Å². The number of primary amides is 1. The van der Waals surface area contributed by atoms with Gasteiger partial charge in [-0.15, -0.1) is 5.10 Å². The second kappa shape index (κ2) is 8.18. The first-order valence-electron chi connectivity index (χ1n) is 10.4. The fourth-order valence-electron chi connectivity index (χ4n) is 4.13. The number of para-hydroxylation sites is 1. The van der Waals surface area contributed by atoms with Crippen molar-refractivity contribution in [3.8, 4) is 11.8 Å². The molecular weight excluding hydrogens is 432 g/mol. The van der Waals surface area contributed by atoms with E-state index in [2.05, 4.69) is 21.7 Å². The molecule has 1 unspecified atom stereocenters. The molecule has 3 heterocycles. The Morgan fingerprint density at radius 2 is 2.03 bits per heavy atom. The molecule has 0 bridgehead atoms. The first kappa shape index (κ1) is 20.9. The van der Waals surface area contributed by atoms with E-state index in [0.29, 0.717) is 33.7 Å². The van der Waals surface area contributed by atoms with Gasteiger partial charge in [0.15, 0.2) is 5.58 Å². The number of aromatic nitrogens is 3. The van der Waals surface area contributed by atoms with Gasteiger partial charge in [-0.25, -0.2) is 9.48 Å². The number of hydrogen-bond acceptors (Lipinski definition) is 7. The van der Waals surface area contributed by atoms with E-state index in [1.165, 1.54) is 10.7 Å². The normalized spacial score (nSPS) is 17.1. The molecule has 0 radical (unpaired) electrons. The van der Waals surface area contributed by atoms with Gasteiger partial charge >= 0.3 is 5.63 Å². The Kier molecular flexibility index (Phi) is 5.03. The Labute approximate surface area is 193 Å². The third kappa shape index (κ3) is 3.43. The van der Waals surface area contributed by atoms with E-state index in [1.54, 1.807) is 60.9 Å². The molecule has 1 aliphatic heterocycles. The number of nitrogens with two attached hydrogens (primary N) is 1. The summed E-state index contributed by atoms with van der Waals surface area (Å²) in [6.07, 6.45) is 6.89. The second-order valence-electron chi connectivity index (χ2n) is 7.80. The molecule has 166 valence electrons. The molecule has 34 heavy (non-hydrogen) atoms. The van der Waals surface area contributed by atoms with Crippen LogP contribution in [0.3, 0.4) is 0 Å². The summed E-state index contributed by atoms with van der Waals surface area (Å²) in [6.45, 7) is 0. The van der Waals surface area contributed by atoms with Crippen LogP contribution in [0.1, 0.15) is 16.8 Å². The monoisotopic (exact) mass is 450 g/mol. The van der Waals surface area contributed by atoms with Crippen LogP contribution in [0.15, 0.2) is 88.4 Å². The van der Waals surface area contributed by atoms with Crippen molar-refractivity contribution in [3.63, 3.8) is 0 Å². The summed E-state index contributed by atoms with van der Waals surface area (Å²) in [7, 11) is 0. The molecule has 0 saturated carbocycles. The highest BCUT2D eigenvalue weighted by Crippen LogP contribution is 2.33. The smallest absolute Gasteiger partial charge is 0.336 e. The molecule has 5 rings (SSSR count). The topological polar surface area (TPSA) is 140 Å². The number of carbonyl (C=O) groups is 1. The van der Waals surface area contributed by atoms with Crippen LogP contribution in [0.25, 0.3) is 22.2 Å². The van der Waals surface area contributed by atoms with Crippen LogP contribution in [0.2, 0.25) is 0 Å². The van der Waals surface area contributed by atoms with E-state index in [9.17, 15) is 14.9 Å². The molecule has 0 aliphatic carbocycles. The Hall–Kier alpha value is -4.97. The maximum Gasteiger partial charge on any atom is 0.336 e. The van der Waals surface area contributed by atoms with Gasteiger partial charge < -0.3 is 15.5 Å². The van der Waals surface area contributed by atoms with Crippen molar-refractivity contribution >= 4 is 22.4 Å². The minimum absolute atomic E-state index is 0.137. The van der Waals surface area contributed by atoms with Crippen LogP contribution in [0.5, 0.6) is 0 Å². The summed E-state index contributed by atoms with van der Waals surface area (Å²) in [4.78, 5) is 24.6. The largest absolute Gasteiger partial charge is 0.420 e. The second-order valence-corrected chi connectivity index (χ2v) is 7.80. The number of rotatable bonds is 5. The average Bonchev–Trinajstić information content (AvgIpc) is 3.34. The molecule has 1 aliphatic rings. The van der Waals surface area contributed by atoms with Gasteiger partial charge in [0.1, 0.15) is 16.9 Å². The number of amides is 1. The lowest BCUT2D eigenvalue weighted by molar-refractivity contribution is -0.122. The molecule has 4 aromatic rings. The molecule has 1 atom stereocenters. The van der Waals surface area contributed by atoms with Gasteiger partial charge in [-0.3, -0.25) is 4.79 Å². The predicted octanol–water partition coefficient (Wildman–Crippen LogP) is 2.21. The van der Waals surface area contributed by atoms with Crippen LogP contribution in [0.4, 0.5) is 0 Å². The van der Waals surface area contributed by atoms with Crippen LogP contribution >= 0.6 is 0 Å². The molecule has 0 saturated heterocycles. The quantitative estimate of drug-likeness (QED) is 0.444. The third-order valence-corrected chi connectivity index (χ3v) is 5.81. The van der Waals surface area contributed by atoms with Crippen LogP contribution < -0.4 is 16.7 Å². The summed E-state index contributed by atoms with van der Waals surface area (Å²) in [5.74, 6) is -0.624. The van der Waals surface area contributed by atoms with Crippen molar-refractivity contribution in [2.45, 2.75) is 12.0 Å². The maximum atomic E-state index is 12.9. The van der Waals surface area contributed by atoms with Gasteiger partial charge in [-0.1, -0.05) is 41.6 Å². The van der Waals surface area contributed by atoms with Crippen molar-refractivity contribution in [2.75, 3.05) is 0 Å². The Morgan fingerprint density at radius 1 is 1.18 bits per heavy atom. The van der Waals surface area contributed by atoms with E-state index in [1.807, 2.05) is 12.1 Å². The molecule has 2 aromatic heterocycles. The molecular formula is C25H18N6O3. The molecule has 1 amide bonds. The van der Waals surface area contributed by atoms with E-state index < -0.39 is 17.1 Å². The third-order valence-electron chi connectivity index (χ3n) is 5.81. The number of hydrogen-bond donors (Lipinski definition) is 2. The SMILES string of the molecule is N#Cc1ccccc1CC1(C(N)=O)NC=CC=C1c1cn(-c2cccc3ccc(=O)oc23)nn1. The standard InChI is InChI=1S/C25H18N6O3/c26-14-18-6-2-1-5-17(18)13-25(24(27)33)19(8-4-12-28-25)20-15-31(30-29-20)21-9-3-7-16-10-11-22(32)34-23(16)21/h1-12,15,28H,13H2,(H2,27,33). The Bertz CT molecular complexity index is 1590. The lowest BCUT2D eigenvalue weighted by atomic mass is 9.79. The average molecular weight is 450 g/mol. The minimum atomic E-state index is -1.35.